The van der Waals surface area contributed by atoms with Gasteiger partial charge in [0.25, 0.3) is 5.91 Å². The lowest BCUT2D eigenvalue weighted by molar-refractivity contribution is -0.160. The Labute approximate surface area is 135 Å². The van der Waals surface area contributed by atoms with Crippen LogP contribution < -0.4 is 0 Å². The van der Waals surface area contributed by atoms with Crippen LogP contribution in [0.1, 0.15) is 24.0 Å². The molecular weight excluding hydrogens is 290 g/mol. The monoisotopic (exact) mass is 309 g/mol. The largest absolute Gasteiger partial charge is 0.364 e. The van der Waals surface area contributed by atoms with Gasteiger partial charge >= 0.3 is 0 Å². The molecule has 2 aromatic rings. The van der Waals surface area contributed by atoms with Crippen molar-refractivity contribution < 1.29 is 14.3 Å². The van der Waals surface area contributed by atoms with Crippen LogP contribution >= 0.6 is 0 Å². The average Bonchev–Trinajstić information content (AvgIpc) is 2.60. The van der Waals surface area contributed by atoms with Crippen LogP contribution in [0.3, 0.4) is 0 Å². The highest BCUT2D eigenvalue weighted by atomic mass is 16.5. The summed E-state index contributed by atoms with van der Waals surface area (Å²) >= 11 is 0. The molecule has 0 unspecified atom stereocenters. The lowest BCUT2D eigenvalue weighted by Gasteiger charge is -2.30. The lowest BCUT2D eigenvalue weighted by atomic mass is 10.1. The van der Waals surface area contributed by atoms with E-state index in [9.17, 15) is 9.59 Å². The van der Waals surface area contributed by atoms with Crippen molar-refractivity contribution in [2.75, 3.05) is 0 Å². The first-order chi connectivity index (χ1) is 11.2. The summed E-state index contributed by atoms with van der Waals surface area (Å²) in [6.45, 7) is 0.689. The lowest BCUT2D eigenvalue weighted by Crippen LogP contribution is -2.48. The SMILES string of the molecule is O=C1CC[C@H](OCc2ccccc2)C(=O)N1Cc1ccccc1. The topological polar surface area (TPSA) is 46.6 Å². The van der Waals surface area contributed by atoms with Crippen LogP contribution in [0.5, 0.6) is 0 Å². The van der Waals surface area contributed by atoms with E-state index in [0.717, 1.165) is 11.1 Å². The van der Waals surface area contributed by atoms with Crippen LogP contribution in [0.15, 0.2) is 60.7 Å². The van der Waals surface area contributed by atoms with Gasteiger partial charge < -0.3 is 4.74 Å². The van der Waals surface area contributed by atoms with E-state index in [1.54, 1.807) is 0 Å². The van der Waals surface area contributed by atoms with E-state index in [0.29, 0.717) is 26.0 Å². The second-order valence-corrected chi connectivity index (χ2v) is 5.63. The standard InChI is InChI=1S/C19H19NO3/c21-18-12-11-17(23-14-16-9-5-2-6-10-16)19(22)20(18)13-15-7-3-1-4-8-15/h1-10,17H,11-14H2/t17-/m0/s1. The minimum atomic E-state index is -0.545. The van der Waals surface area contributed by atoms with E-state index in [1.165, 1.54) is 4.90 Å². The third-order valence-corrected chi connectivity index (χ3v) is 3.94. The number of imide groups is 1. The van der Waals surface area contributed by atoms with Gasteiger partial charge in [0.15, 0.2) is 0 Å². The van der Waals surface area contributed by atoms with Crippen molar-refractivity contribution >= 4 is 11.8 Å². The van der Waals surface area contributed by atoms with Crippen LogP contribution in [-0.4, -0.2) is 22.8 Å². The van der Waals surface area contributed by atoms with E-state index < -0.39 is 6.10 Å². The number of likely N-dealkylation sites (tertiary alicyclic amines) is 1. The fourth-order valence-corrected chi connectivity index (χ4v) is 2.67. The molecule has 0 aliphatic carbocycles. The first-order valence-corrected chi connectivity index (χ1v) is 7.78. The van der Waals surface area contributed by atoms with Gasteiger partial charge in [-0.3, -0.25) is 14.5 Å². The normalized spacial score (nSPS) is 18.3. The fraction of sp³-hybridized carbons (Fsp3) is 0.263. The predicted octanol–water partition coefficient (Wildman–Crippen LogP) is 2.92. The average molecular weight is 309 g/mol. The molecule has 1 aliphatic rings. The van der Waals surface area contributed by atoms with Crippen molar-refractivity contribution in [3.8, 4) is 0 Å². The highest BCUT2D eigenvalue weighted by Gasteiger charge is 2.34. The highest BCUT2D eigenvalue weighted by Crippen LogP contribution is 2.20. The molecule has 2 aromatic carbocycles. The summed E-state index contributed by atoms with van der Waals surface area (Å²) in [5.41, 5.74) is 1.96. The molecule has 0 bridgehead atoms. The van der Waals surface area contributed by atoms with E-state index >= 15 is 0 Å². The number of carbonyl (C=O) groups excluding carboxylic acids is 2. The van der Waals surface area contributed by atoms with Crippen molar-refractivity contribution in [3.05, 3.63) is 71.8 Å². The summed E-state index contributed by atoms with van der Waals surface area (Å²) in [4.78, 5) is 25.9. The smallest absolute Gasteiger partial charge is 0.258 e. The van der Waals surface area contributed by atoms with Crippen molar-refractivity contribution in [2.45, 2.75) is 32.1 Å². The molecule has 118 valence electrons. The van der Waals surface area contributed by atoms with Gasteiger partial charge in [-0.05, 0) is 17.5 Å². The van der Waals surface area contributed by atoms with Gasteiger partial charge in [0.1, 0.15) is 6.10 Å². The Morgan fingerprint density at radius 3 is 2.17 bits per heavy atom. The fourth-order valence-electron chi connectivity index (χ4n) is 2.67. The molecule has 4 heteroatoms. The Kier molecular flexibility index (Phi) is 4.83. The van der Waals surface area contributed by atoms with Gasteiger partial charge in [-0.2, -0.15) is 0 Å². The minimum Gasteiger partial charge on any atom is -0.364 e. The maximum Gasteiger partial charge on any atom is 0.258 e. The van der Waals surface area contributed by atoms with E-state index in [1.807, 2.05) is 60.7 Å². The molecule has 23 heavy (non-hydrogen) atoms. The minimum absolute atomic E-state index is 0.126. The Hall–Kier alpha value is -2.46. The van der Waals surface area contributed by atoms with Gasteiger partial charge in [0.05, 0.1) is 13.2 Å². The molecule has 1 heterocycles. The molecule has 0 saturated carbocycles. The summed E-state index contributed by atoms with van der Waals surface area (Å²) in [7, 11) is 0. The molecule has 1 aliphatic heterocycles. The van der Waals surface area contributed by atoms with Gasteiger partial charge in [0.2, 0.25) is 5.91 Å². The van der Waals surface area contributed by atoms with Gasteiger partial charge in [0, 0.05) is 6.42 Å². The molecule has 2 amide bonds. The Morgan fingerprint density at radius 1 is 0.913 bits per heavy atom. The molecule has 4 nitrogen and oxygen atoms in total. The molecule has 1 fully saturated rings. The van der Waals surface area contributed by atoms with Crippen molar-refractivity contribution in [2.24, 2.45) is 0 Å². The van der Waals surface area contributed by atoms with Gasteiger partial charge in [-0.25, -0.2) is 0 Å². The Balaban J connectivity index is 1.64. The van der Waals surface area contributed by atoms with Crippen LogP contribution in [0.2, 0.25) is 0 Å². The summed E-state index contributed by atoms with van der Waals surface area (Å²) < 4.78 is 5.75. The molecular formula is C19H19NO3. The summed E-state index contributed by atoms with van der Waals surface area (Å²) in [6, 6.07) is 19.3. The van der Waals surface area contributed by atoms with Crippen molar-refractivity contribution in [3.63, 3.8) is 0 Å². The first kappa shape index (κ1) is 15.4. The van der Waals surface area contributed by atoms with Crippen LogP contribution in [0.25, 0.3) is 0 Å². The summed E-state index contributed by atoms with van der Waals surface area (Å²) in [5.74, 6) is -0.362. The number of nitrogens with zero attached hydrogens (tertiary/aromatic N) is 1. The zero-order chi connectivity index (χ0) is 16.1. The number of rotatable bonds is 5. The van der Waals surface area contributed by atoms with Gasteiger partial charge in [-0.1, -0.05) is 60.7 Å². The van der Waals surface area contributed by atoms with E-state index in [-0.39, 0.29) is 11.8 Å². The third kappa shape index (κ3) is 3.85. The zero-order valence-electron chi connectivity index (χ0n) is 12.9. The highest BCUT2D eigenvalue weighted by molar-refractivity contribution is 5.99. The summed E-state index contributed by atoms with van der Waals surface area (Å²) in [5, 5.41) is 0. The molecule has 0 spiro atoms. The Morgan fingerprint density at radius 2 is 1.52 bits per heavy atom. The second kappa shape index (κ2) is 7.20. The number of amides is 2. The van der Waals surface area contributed by atoms with Crippen molar-refractivity contribution in [1.29, 1.82) is 0 Å². The van der Waals surface area contributed by atoms with Crippen LogP contribution in [0, 0.1) is 0 Å². The zero-order valence-corrected chi connectivity index (χ0v) is 12.9. The second-order valence-electron chi connectivity index (χ2n) is 5.63. The van der Waals surface area contributed by atoms with E-state index in [2.05, 4.69) is 0 Å². The Bertz CT molecular complexity index is 670. The van der Waals surface area contributed by atoms with Gasteiger partial charge in [-0.15, -0.1) is 0 Å². The molecule has 1 saturated heterocycles. The maximum atomic E-state index is 12.5. The van der Waals surface area contributed by atoms with Crippen LogP contribution in [0.4, 0.5) is 0 Å². The van der Waals surface area contributed by atoms with Crippen LogP contribution in [-0.2, 0) is 27.5 Å². The molecule has 0 aromatic heterocycles. The number of hydrogen-bond donors (Lipinski definition) is 0. The number of hydrogen-bond acceptors (Lipinski definition) is 3. The number of ether oxygens (including phenoxy) is 1. The molecule has 1 atom stereocenters. The number of carbonyl (C=O) groups is 2. The summed E-state index contributed by atoms with van der Waals surface area (Å²) in [6.07, 6.45) is 0.255. The molecule has 0 N–H and O–H groups in total. The van der Waals surface area contributed by atoms with Crippen molar-refractivity contribution in [1.82, 2.24) is 4.90 Å². The number of piperidine rings is 1. The molecule has 0 radical (unpaired) electrons. The third-order valence-electron chi connectivity index (χ3n) is 3.94. The maximum absolute atomic E-state index is 12.5. The first-order valence-electron chi connectivity index (χ1n) is 7.78. The predicted molar refractivity (Wildman–Crippen MR) is 86.3 cm³/mol. The van der Waals surface area contributed by atoms with E-state index in [4.69, 9.17) is 4.74 Å². The number of benzene rings is 2. The molecule has 3 rings (SSSR count). The quantitative estimate of drug-likeness (QED) is 0.798.